The third-order valence-electron chi connectivity index (χ3n) is 9.33. The van der Waals surface area contributed by atoms with Gasteiger partial charge in [0.05, 0.1) is 7.11 Å². The van der Waals surface area contributed by atoms with Crippen LogP contribution in [0.4, 0.5) is 0 Å². The topological polar surface area (TPSA) is 38.7 Å². The summed E-state index contributed by atoms with van der Waals surface area (Å²) in [7, 11) is 1.68. The molecule has 1 N–H and O–H groups in total. The summed E-state index contributed by atoms with van der Waals surface area (Å²) in [5, 5.41) is 13.6. The zero-order valence-corrected chi connectivity index (χ0v) is 25.1. The summed E-state index contributed by atoms with van der Waals surface area (Å²) in [6, 6.07) is 33.2. The molecule has 0 amide bonds. The second kappa shape index (κ2) is 9.39. The lowest BCUT2D eigenvalue weighted by atomic mass is 9.52. The predicted molar refractivity (Wildman–Crippen MR) is 172 cm³/mol. The molecule has 3 nitrogen and oxygen atoms in total. The molecule has 0 saturated heterocycles. The number of hydrogen-bond donors (Lipinski definition) is 1. The van der Waals surface area contributed by atoms with Crippen molar-refractivity contribution < 1.29 is 14.6 Å². The average Bonchev–Trinajstić information content (AvgIpc) is 3.20. The standard InChI is InChI=1S/C39H38O3/c1-37(2)22-38(3,4)24-39(23-37)32-14-10-9-13-28(32)36-31-19-29(25-15-17-26(41-5)18-16-25)35(42-27-11-7-6-8-12-27)20-30(31)34(40)21-33(36)39/h6-21,40H,22-24H2,1-5H3. The summed E-state index contributed by atoms with van der Waals surface area (Å²) in [5.41, 5.74) is 7.37. The van der Waals surface area contributed by atoms with Crippen LogP contribution in [-0.4, -0.2) is 12.2 Å². The van der Waals surface area contributed by atoms with Crippen molar-refractivity contribution >= 4 is 10.8 Å². The zero-order chi connectivity index (χ0) is 29.3. The van der Waals surface area contributed by atoms with Gasteiger partial charge < -0.3 is 14.6 Å². The van der Waals surface area contributed by atoms with Crippen LogP contribution >= 0.6 is 0 Å². The van der Waals surface area contributed by atoms with E-state index in [0.717, 1.165) is 46.2 Å². The number of aromatic hydroxyl groups is 1. The quantitative estimate of drug-likeness (QED) is 0.240. The Morgan fingerprint density at radius 1 is 0.619 bits per heavy atom. The van der Waals surface area contributed by atoms with E-state index in [9.17, 15) is 5.11 Å². The van der Waals surface area contributed by atoms with Crippen molar-refractivity contribution in [1.29, 1.82) is 0 Å². The zero-order valence-electron chi connectivity index (χ0n) is 25.1. The van der Waals surface area contributed by atoms with E-state index >= 15 is 0 Å². The van der Waals surface area contributed by atoms with E-state index in [0.29, 0.717) is 11.5 Å². The molecule has 5 aromatic carbocycles. The first-order valence-electron chi connectivity index (χ1n) is 14.9. The summed E-state index contributed by atoms with van der Waals surface area (Å²) >= 11 is 0. The van der Waals surface area contributed by atoms with E-state index in [2.05, 4.69) is 76.2 Å². The van der Waals surface area contributed by atoms with Crippen molar-refractivity contribution in [2.75, 3.05) is 7.11 Å². The van der Waals surface area contributed by atoms with Crippen LogP contribution in [0.3, 0.4) is 0 Å². The lowest BCUT2D eigenvalue weighted by molar-refractivity contribution is 0.0645. The molecule has 5 aromatic rings. The van der Waals surface area contributed by atoms with Crippen molar-refractivity contribution in [2.24, 2.45) is 10.8 Å². The Morgan fingerprint density at radius 2 is 1.29 bits per heavy atom. The first-order valence-corrected chi connectivity index (χ1v) is 14.9. The molecular formula is C39H38O3. The highest BCUT2D eigenvalue weighted by Crippen LogP contribution is 2.65. The van der Waals surface area contributed by atoms with Crippen LogP contribution in [0.25, 0.3) is 33.0 Å². The third-order valence-corrected chi connectivity index (χ3v) is 9.33. The normalized spacial score (nSPS) is 17.5. The predicted octanol–water partition coefficient (Wildman–Crippen LogP) is 10.5. The first kappa shape index (κ1) is 26.6. The Morgan fingerprint density at radius 3 is 1.98 bits per heavy atom. The Bertz CT molecular complexity index is 1800. The number of phenolic OH excluding ortho intramolecular Hbond substituents is 1. The van der Waals surface area contributed by atoms with Gasteiger partial charge in [-0.15, -0.1) is 0 Å². The largest absolute Gasteiger partial charge is 0.507 e. The smallest absolute Gasteiger partial charge is 0.136 e. The van der Waals surface area contributed by atoms with Crippen LogP contribution in [-0.2, 0) is 5.41 Å². The van der Waals surface area contributed by atoms with Gasteiger partial charge in [-0.1, -0.05) is 82.3 Å². The molecule has 0 radical (unpaired) electrons. The molecule has 0 aliphatic heterocycles. The van der Waals surface area contributed by atoms with Crippen molar-refractivity contribution in [3.63, 3.8) is 0 Å². The number of rotatable bonds is 4. The molecule has 1 spiro atoms. The lowest BCUT2D eigenvalue weighted by Crippen LogP contribution is -2.43. The number of para-hydroxylation sites is 1. The van der Waals surface area contributed by atoms with Gasteiger partial charge in [0.1, 0.15) is 23.0 Å². The van der Waals surface area contributed by atoms with E-state index in [1.807, 2.05) is 48.5 Å². The Labute approximate surface area is 248 Å². The Hall–Kier alpha value is -4.24. The molecule has 7 rings (SSSR count). The minimum absolute atomic E-state index is 0.150. The highest BCUT2D eigenvalue weighted by molar-refractivity contribution is 6.07. The molecule has 42 heavy (non-hydrogen) atoms. The number of benzene rings is 5. The van der Waals surface area contributed by atoms with Gasteiger partial charge >= 0.3 is 0 Å². The summed E-state index contributed by atoms with van der Waals surface area (Å²) in [6.07, 6.45) is 3.29. The highest BCUT2D eigenvalue weighted by Gasteiger charge is 2.53. The number of fused-ring (bicyclic) bond motifs is 7. The number of phenols is 1. The molecule has 0 aromatic heterocycles. The molecule has 2 aliphatic carbocycles. The first-order chi connectivity index (χ1) is 20.1. The van der Waals surface area contributed by atoms with Gasteiger partial charge in [0, 0.05) is 16.4 Å². The van der Waals surface area contributed by atoms with E-state index in [4.69, 9.17) is 9.47 Å². The molecule has 0 bridgehead atoms. The minimum Gasteiger partial charge on any atom is -0.507 e. The van der Waals surface area contributed by atoms with Gasteiger partial charge in [-0.2, -0.15) is 0 Å². The van der Waals surface area contributed by atoms with Gasteiger partial charge in [0.2, 0.25) is 0 Å². The van der Waals surface area contributed by atoms with Gasteiger partial charge in [-0.25, -0.2) is 0 Å². The van der Waals surface area contributed by atoms with Crippen LogP contribution in [0.15, 0.2) is 97.1 Å². The van der Waals surface area contributed by atoms with Crippen molar-refractivity contribution in [3.05, 3.63) is 108 Å². The summed E-state index contributed by atoms with van der Waals surface area (Å²) in [4.78, 5) is 0. The van der Waals surface area contributed by atoms with E-state index in [1.54, 1.807) is 7.11 Å². The third kappa shape index (κ3) is 4.26. The van der Waals surface area contributed by atoms with E-state index < -0.39 is 0 Å². The van der Waals surface area contributed by atoms with Crippen molar-refractivity contribution in [2.45, 2.75) is 52.4 Å². The molecule has 1 saturated carbocycles. The molecule has 0 heterocycles. The van der Waals surface area contributed by atoms with Crippen LogP contribution in [0.1, 0.15) is 58.1 Å². The fraction of sp³-hybridized carbons (Fsp3) is 0.282. The molecular weight excluding hydrogens is 516 g/mol. The molecule has 0 unspecified atom stereocenters. The van der Waals surface area contributed by atoms with Gasteiger partial charge in [0.15, 0.2) is 0 Å². The molecule has 212 valence electrons. The highest BCUT2D eigenvalue weighted by atomic mass is 16.5. The average molecular weight is 555 g/mol. The van der Waals surface area contributed by atoms with E-state index in [-0.39, 0.29) is 16.2 Å². The Kier molecular flexibility index (Phi) is 5.96. The number of methoxy groups -OCH3 is 1. The summed E-state index contributed by atoms with van der Waals surface area (Å²) < 4.78 is 11.9. The van der Waals surface area contributed by atoms with Crippen LogP contribution in [0.2, 0.25) is 0 Å². The maximum absolute atomic E-state index is 11.7. The van der Waals surface area contributed by atoms with Gasteiger partial charge in [0.25, 0.3) is 0 Å². The summed E-state index contributed by atoms with van der Waals surface area (Å²) in [6.45, 7) is 9.64. The minimum atomic E-state index is -0.150. The fourth-order valence-corrected chi connectivity index (χ4v) is 8.56. The molecule has 2 aliphatic rings. The van der Waals surface area contributed by atoms with Crippen molar-refractivity contribution in [1.82, 2.24) is 0 Å². The van der Waals surface area contributed by atoms with Crippen LogP contribution in [0, 0.1) is 10.8 Å². The van der Waals surface area contributed by atoms with Crippen molar-refractivity contribution in [3.8, 4) is 45.3 Å². The SMILES string of the molecule is COc1ccc(-c2cc3c4c(cc(O)c3cc2Oc2ccccc2)C2(CC(C)(C)CC(C)(C)C2)c2ccccc2-4)cc1. The summed E-state index contributed by atoms with van der Waals surface area (Å²) in [5.74, 6) is 2.57. The van der Waals surface area contributed by atoms with Gasteiger partial charge in [-0.3, -0.25) is 0 Å². The maximum atomic E-state index is 11.7. The molecule has 1 fully saturated rings. The monoisotopic (exact) mass is 554 g/mol. The second-order valence-corrected chi connectivity index (χ2v) is 13.8. The van der Waals surface area contributed by atoms with E-state index in [1.165, 1.54) is 28.7 Å². The number of hydrogen-bond acceptors (Lipinski definition) is 3. The lowest BCUT2D eigenvalue weighted by Gasteiger charge is -2.51. The maximum Gasteiger partial charge on any atom is 0.136 e. The number of ether oxygens (including phenoxy) is 2. The Balaban J connectivity index is 1.53. The molecule has 0 atom stereocenters. The fourth-order valence-electron chi connectivity index (χ4n) is 8.56. The van der Waals surface area contributed by atoms with Crippen LogP contribution < -0.4 is 9.47 Å². The second-order valence-electron chi connectivity index (χ2n) is 13.8. The molecule has 3 heteroatoms. The van der Waals surface area contributed by atoms with Crippen LogP contribution in [0.5, 0.6) is 23.0 Å². The van der Waals surface area contributed by atoms with Gasteiger partial charge in [-0.05, 0) is 106 Å².